The lowest BCUT2D eigenvalue weighted by molar-refractivity contribution is 0.103. The molecule has 0 spiro atoms. The van der Waals surface area contributed by atoms with Crippen LogP contribution in [0, 0.1) is 13.8 Å². The van der Waals surface area contributed by atoms with Gasteiger partial charge in [0.15, 0.2) is 5.13 Å². The fourth-order valence-electron chi connectivity index (χ4n) is 3.00. The Morgan fingerprint density at radius 2 is 2.10 bits per heavy atom. The van der Waals surface area contributed by atoms with Crippen molar-refractivity contribution < 1.29 is 14.6 Å². The third kappa shape index (κ3) is 4.07. The van der Waals surface area contributed by atoms with Gasteiger partial charge < -0.3 is 20.5 Å². The van der Waals surface area contributed by atoms with Gasteiger partial charge in [0.05, 0.1) is 18.4 Å². The quantitative estimate of drug-likeness (QED) is 0.587. The van der Waals surface area contributed by atoms with Crippen LogP contribution >= 0.6 is 11.3 Å². The van der Waals surface area contributed by atoms with Crippen LogP contribution in [-0.2, 0) is 4.74 Å². The number of phenolic OH excluding ortho intramolecular Hbond substituents is 1. The summed E-state index contributed by atoms with van der Waals surface area (Å²) in [5, 5.41) is 16.6. The van der Waals surface area contributed by atoms with Crippen LogP contribution in [0.2, 0.25) is 0 Å². The lowest BCUT2D eigenvalue weighted by Gasteiger charge is -2.12. The predicted octanol–water partition coefficient (Wildman–Crippen LogP) is 4.24. The number of anilines is 3. The number of aryl methyl sites for hydroxylation is 1. The Balaban J connectivity index is 1.48. The second-order valence-electron chi connectivity index (χ2n) is 6.63. The Labute approximate surface area is 172 Å². The zero-order valence-electron chi connectivity index (χ0n) is 16.0. The zero-order valence-corrected chi connectivity index (χ0v) is 16.8. The molecule has 0 aliphatic carbocycles. The molecule has 7 nitrogen and oxygen atoms in total. The molecule has 0 saturated heterocycles. The zero-order chi connectivity index (χ0) is 20.4. The summed E-state index contributed by atoms with van der Waals surface area (Å²) in [6, 6.07) is 11.1. The minimum Gasteiger partial charge on any atom is -0.508 e. The van der Waals surface area contributed by atoms with Gasteiger partial charge in [-0.15, -0.1) is 0 Å². The minimum absolute atomic E-state index is 0.147. The SMILES string of the molecule is Cc1ccc(O)c(C)c1NC(=O)c1cnc(Nc2cccc(C3=NCCO3)c2)s1. The van der Waals surface area contributed by atoms with Crippen LogP contribution in [0.15, 0.2) is 47.6 Å². The summed E-state index contributed by atoms with van der Waals surface area (Å²) >= 11 is 1.25. The van der Waals surface area contributed by atoms with Crippen molar-refractivity contribution in [3.8, 4) is 5.75 Å². The van der Waals surface area contributed by atoms with E-state index in [1.807, 2.05) is 31.2 Å². The van der Waals surface area contributed by atoms with Gasteiger partial charge in [-0.25, -0.2) is 9.98 Å². The molecule has 3 N–H and O–H groups in total. The molecular formula is C21H20N4O3S. The highest BCUT2D eigenvalue weighted by Gasteiger charge is 2.15. The van der Waals surface area contributed by atoms with E-state index in [4.69, 9.17) is 4.74 Å². The number of ether oxygens (including phenoxy) is 1. The first-order valence-electron chi connectivity index (χ1n) is 9.12. The molecule has 1 aliphatic heterocycles. The van der Waals surface area contributed by atoms with Crippen LogP contribution in [0.5, 0.6) is 5.75 Å². The van der Waals surface area contributed by atoms with Gasteiger partial charge in [0, 0.05) is 16.8 Å². The molecule has 0 saturated carbocycles. The third-order valence-electron chi connectivity index (χ3n) is 4.56. The van der Waals surface area contributed by atoms with Crippen molar-refractivity contribution in [3.63, 3.8) is 0 Å². The van der Waals surface area contributed by atoms with Gasteiger partial charge in [0.25, 0.3) is 5.91 Å². The summed E-state index contributed by atoms with van der Waals surface area (Å²) in [4.78, 5) is 21.7. The van der Waals surface area contributed by atoms with E-state index in [9.17, 15) is 9.90 Å². The van der Waals surface area contributed by atoms with Crippen molar-refractivity contribution in [2.45, 2.75) is 13.8 Å². The first-order valence-corrected chi connectivity index (χ1v) is 9.94. The summed E-state index contributed by atoms with van der Waals surface area (Å²) in [6.07, 6.45) is 1.53. The Kier molecular flexibility index (Phi) is 5.18. The van der Waals surface area contributed by atoms with E-state index in [0.717, 1.165) is 16.8 Å². The van der Waals surface area contributed by atoms with Crippen molar-refractivity contribution in [1.29, 1.82) is 0 Å². The number of nitrogens with zero attached hydrogens (tertiary/aromatic N) is 2. The first-order chi connectivity index (χ1) is 14.0. The highest BCUT2D eigenvalue weighted by atomic mass is 32.1. The monoisotopic (exact) mass is 408 g/mol. The van der Waals surface area contributed by atoms with Crippen LogP contribution in [-0.4, -0.2) is 35.0 Å². The highest BCUT2D eigenvalue weighted by Crippen LogP contribution is 2.30. The second kappa shape index (κ2) is 7.92. The number of nitrogens with one attached hydrogen (secondary N) is 2. The number of hydrogen-bond acceptors (Lipinski definition) is 7. The average molecular weight is 408 g/mol. The third-order valence-corrected chi connectivity index (χ3v) is 5.47. The Bertz CT molecular complexity index is 1110. The summed E-state index contributed by atoms with van der Waals surface area (Å²) in [5.41, 5.74) is 3.86. The molecule has 148 valence electrons. The topological polar surface area (TPSA) is 95.8 Å². The maximum atomic E-state index is 12.6. The van der Waals surface area contributed by atoms with Crippen molar-refractivity contribution in [2.75, 3.05) is 23.8 Å². The first kappa shape index (κ1) is 18.9. The lowest BCUT2D eigenvalue weighted by Crippen LogP contribution is -2.12. The number of benzene rings is 2. The molecule has 3 aromatic rings. The van der Waals surface area contributed by atoms with E-state index >= 15 is 0 Å². The van der Waals surface area contributed by atoms with Crippen LogP contribution in [0.1, 0.15) is 26.4 Å². The standard InChI is InChI=1S/C21H20N4O3S/c1-12-6-7-16(26)13(2)18(12)25-19(27)17-11-23-21(29-17)24-15-5-3-4-14(10-15)20-22-8-9-28-20/h3-7,10-11,26H,8-9H2,1-2H3,(H,23,24)(H,25,27). The summed E-state index contributed by atoms with van der Waals surface area (Å²) < 4.78 is 5.50. The number of carbonyl (C=O) groups excluding carboxylic acids is 1. The van der Waals surface area contributed by atoms with Gasteiger partial charge in [0.2, 0.25) is 5.90 Å². The van der Waals surface area contributed by atoms with Gasteiger partial charge in [-0.3, -0.25) is 4.79 Å². The van der Waals surface area contributed by atoms with E-state index in [1.165, 1.54) is 17.5 Å². The largest absolute Gasteiger partial charge is 0.508 e. The molecule has 0 radical (unpaired) electrons. The molecule has 1 amide bonds. The molecular weight excluding hydrogens is 388 g/mol. The van der Waals surface area contributed by atoms with E-state index in [2.05, 4.69) is 20.6 Å². The molecule has 4 rings (SSSR count). The van der Waals surface area contributed by atoms with E-state index in [1.54, 1.807) is 19.1 Å². The van der Waals surface area contributed by atoms with E-state index < -0.39 is 0 Å². The number of phenols is 1. The van der Waals surface area contributed by atoms with Gasteiger partial charge in [0.1, 0.15) is 17.2 Å². The maximum Gasteiger partial charge on any atom is 0.267 e. The molecule has 8 heteroatoms. The fraction of sp³-hybridized carbons (Fsp3) is 0.190. The molecule has 1 aromatic heterocycles. The maximum absolute atomic E-state index is 12.6. The van der Waals surface area contributed by atoms with Crippen molar-refractivity contribution in [2.24, 2.45) is 4.99 Å². The molecule has 0 fully saturated rings. The minimum atomic E-state index is -0.269. The number of hydrogen-bond donors (Lipinski definition) is 3. The van der Waals surface area contributed by atoms with Crippen LogP contribution in [0.4, 0.5) is 16.5 Å². The number of aromatic nitrogens is 1. The number of amides is 1. The van der Waals surface area contributed by atoms with Crippen LogP contribution in [0.25, 0.3) is 0 Å². The number of aromatic hydroxyl groups is 1. The molecule has 2 heterocycles. The molecule has 0 atom stereocenters. The van der Waals surface area contributed by atoms with Crippen molar-refractivity contribution in [1.82, 2.24) is 4.98 Å². The number of aliphatic imine (C=N–C) groups is 1. The Morgan fingerprint density at radius 3 is 2.90 bits per heavy atom. The fourth-order valence-corrected chi connectivity index (χ4v) is 3.74. The molecule has 0 bridgehead atoms. The molecule has 2 aromatic carbocycles. The summed E-state index contributed by atoms with van der Waals surface area (Å²) in [5.74, 6) is 0.521. The predicted molar refractivity (Wildman–Crippen MR) is 115 cm³/mol. The number of rotatable bonds is 5. The van der Waals surface area contributed by atoms with E-state index in [0.29, 0.717) is 40.3 Å². The molecule has 1 aliphatic rings. The van der Waals surface area contributed by atoms with E-state index in [-0.39, 0.29) is 11.7 Å². The highest BCUT2D eigenvalue weighted by molar-refractivity contribution is 7.17. The average Bonchev–Trinajstić information content (AvgIpc) is 3.41. The van der Waals surface area contributed by atoms with Gasteiger partial charge >= 0.3 is 0 Å². The van der Waals surface area contributed by atoms with Gasteiger partial charge in [-0.1, -0.05) is 23.5 Å². The molecule has 29 heavy (non-hydrogen) atoms. The number of carbonyl (C=O) groups is 1. The lowest BCUT2D eigenvalue weighted by atomic mass is 10.1. The summed E-state index contributed by atoms with van der Waals surface area (Å²) in [6.45, 7) is 4.93. The Hall–Kier alpha value is -3.39. The van der Waals surface area contributed by atoms with Crippen LogP contribution in [0.3, 0.4) is 0 Å². The Morgan fingerprint density at radius 1 is 1.24 bits per heavy atom. The van der Waals surface area contributed by atoms with Crippen molar-refractivity contribution in [3.05, 3.63) is 64.2 Å². The van der Waals surface area contributed by atoms with Crippen molar-refractivity contribution >= 4 is 39.6 Å². The molecule has 0 unspecified atom stereocenters. The summed E-state index contributed by atoms with van der Waals surface area (Å²) in [7, 11) is 0. The van der Waals surface area contributed by atoms with Gasteiger partial charge in [-0.2, -0.15) is 0 Å². The smallest absolute Gasteiger partial charge is 0.267 e. The number of thiazole rings is 1. The second-order valence-corrected chi connectivity index (χ2v) is 7.66. The van der Waals surface area contributed by atoms with Gasteiger partial charge in [-0.05, 0) is 43.7 Å². The normalized spacial score (nSPS) is 13.0. The van der Waals surface area contributed by atoms with Crippen LogP contribution < -0.4 is 10.6 Å².